The molecule has 0 saturated carbocycles. The molecule has 5 aromatic carbocycles. The van der Waals surface area contributed by atoms with E-state index in [0.29, 0.717) is 0 Å². The maximum Gasteiger partial charge on any atom is 0.0911 e. The van der Waals surface area contributed by atoms with E-state index in [2.05, 4.69) is 168 Å². The highest BCUT2D eigenvalue weighted by Gasteiger charge is 2.29. The molecule has 2 nitrogen and oxygen atoms in total. The molecule has 37 heavy (non-hydrogen) atoms. The van der Waals surface area contributed by atoms with Crippen molar-refractivity contribution in [3.8, 4) is 11.1 Å². The first-order valence-electron chi connectivity index (χ1n) is 12.9. The van der Waals surface area contributed by atoms with Crippen LogP contribution in [0.25, 0.3) is 11.1 Å². The van der Waals surface area contributed by atoms with Crippen LogP contribution in [-0.2, 0) is 0 Å². The molecule has 1 heterocycles. The van der Waals surface area contributed by atoms with E-state index in [-0.39, 0.29) is 12.1 Å². The molecule has 0 amide bonds. The first kappa shape index (κ1) is 22.9. The van der Waals surface area contributed by atoms with Crippen molar-refractivity contribution in [1.29, 1.82) is 0 Å². The van der Waals surface area contributed by atoms with Crippen molar-refractivity contribution in [3.63, 3.8) is 0 Å². The Morgan fingerprint density at radius 3 is 1.08 bits per heavy atom. The predicted octanol–water partition coefficient (Wildman–Crippen LogP) is 8.28. The van der Waals surface area contributed by atoms with Gasteiger partial charge in [-0.15, -0.1) is 0 Å². The molecule has 1 aliphatic rings. The topological polar surface area (TPSA) is 6.48 Å². The molecule has 0 bridgehead atoms. The van der Waals surface area contributed by atoms with Gasteiger partial charge >= 0.3 is 0 Å². The van der Waals surface area contributed by atoms with E-state index in [1.165, 1.54) is 33.4 Å². The lowest BCUT2D eigenvalue weighted by Gasteiger charge is -2.34. The number of hydrogen-bond donors (Lipinski definition) is 0. The highest BCUT2D eigenvalue weighted by atomic mass is 15.4. The van der Waals surface area contributed by atoms with Crippen molar-refractivity contribution < 1.29 is 0 Å². The maximum atomic E-state index is 2.45. The summed E-state index contributed by atoms with van der Waals surface area (Å²) in [5, 5.41) is 0. The van der Waals surface area contributed by atoms with E-state index in [0.717, 1.165) is 6.67 Å². The van der Waals surface area contributed by atoms with Gasteiger partial charge < -0.3 is 9.80 Å². The lowest BCUT2D eigenvalue weighted by atomic mass is 9.95. The molecule has 6 rings (SSSR count). The zero-order valence-electron chi connectivity index (χ0n) is 20.8. The fraction of sp³-hybridized carbons (Fsp3) is 0.0857. The zero-order valence-corrected chi connectivity index (χ0v) is 20.8. The molecular formula is C35H30N2. The highest BCUT2D eigenvalue weighted by molar-refractivity contribution is 5.63. The van der Waals surface area contributed by atoms with Crippen molar-refractivity contribution in [2.24, 2.45) is 0 Å². The Morgan fingerprint density at radius 1 is 0.351 bits per heavy atom. The van der Waals surface area contributed by atoms with E-state index in [1.54, 1.807) is 0 Å². The third-order valence-corrected chi connectivity index (χ3v) is 7.12. The molecule has 0 N–H and O–H groups in total. The summed E-state index contributed by atoms with van der Waals surface area (Å²) >= 11 is 0. The van der Waals surface area contributed by atoms with Gasteiger partial charge in [-0.1, -0.05) is 146 Å². The molecule has 0 fully saturated rings. The zero-order chi connectivity index (χ0) is 24.9. The Hall–Kier alpha value is -4.56. The summed E-state index contributed by atoms with van der Waals surface area (Å²) in [6, 6.07) is 52.3. The van der Waals surface area contributed by atoms with Gasteiger partial charge in [0, 0.05) is 12.4 Å². The highest BCUT2D eigenvalue weighted by Crippen LogP contribution is 2.37. The summed E-state index contributed by atoms with van der Waals surface area (Å²) in [7, 11) is 0. The molecule has 0 aliphatic carbocycles. The van der Waals surface area contributed by atoms with Crippen LogP contribution in [0.3, 0.4) is 0 Å². The lowest BCUT2D eigenvalue weighted by Crippen LogP contribution is -2.32. The molecule has 0 spiro atoms. The van der Waals surface area contributed by atoms with Crippen LogP contribution in [0.15, 0.2) is 158 Å². The third kappa shape index (κ3) is 4.92. The van der Waals surface area contributed by atoms with Crippen molar-refractivity contribution in [2.45, 2.75) is 12.1 Å². The average Bonchev–Trinajstić information content (AvgIpc) is 3.45. The summed E-state index contributed by atoms with van der Waals surface area (Å²) in [4.78, 5) is 4.89. The standard InChI is InChI=1S/C35H30N2/c1-5-13-28(14-6-1)29-21-23-33(24-22-29)35(32-19-11-4-12-20-32)37-26-25-36(27-37)34(30-15-7-2-8-16-30)31-17-9-3-10-18-31/h1-26,34-35H,27H2. The second kappa shape index (κ2) is 10.6. The number of benzene rings is 5. The summed E-state index contributed by atoms with van der Waals surface area (Å²) in [5.41, 5.74) is 7.65. The van der Waals surface area contributed by atoms with Gasteiger partial charge in [-0.3, -0.25) is 0 Å². The van der Waals surface area contributed by atoms with Crippen molar-refractivity contribution >= 4 is 0 Å². The Kier molecular flexibility index (Phi) is 6.55. The fourth-order valence-electron chi connectivity index (χ4n) is 5.33. The van der Waals surface area contributed by atoms with Gasteiger partial charge in [0.25, 0.3) is 0 Å². The predicted molar refractivity (Wildman–Crippen MR) is 153 cm³/mol. The van der Waals surface area contributed by atoms with E-state index < -0.39 is 0 Å². The molecule has 5 aromatic rings. The van der Waals surface area contributed by atoms with Crippen molar-refractivity contribution in [1.82, 2.24) is 9.80 Å². The SMILES string of the molecule is C1=CN(C(c2ccccc2)c2ccc(-c3ccccc3)cc2)CN1C(c1ccccc1)c1ccccc1. The minimum absolute atomic E-state index is 0.125. The van der Waals surface area contributed by atoms with E-state index in [1.807, 2.05) is 0 Å². The number of rotatable bonds is 7. The van der Waals surface area contributed by atoms with E-state index in [9.17, 15) is 0 Å². The first-order valence-corrected chi connectivity index (χ1v) is 12.9. The normalized spacial score (nSPS) is 13.8. The summed E-state index contributed by atoms with van der Waals surface area (Å²) in [6.07, 6.45) is 4.50. The third-order valence-electron chi connectivity index (χ3n) is 7.12. The van der Waals surface area contributed by atoms with Crippen LogP contribution in [0.4, 0.5) is 0 Å². The van der Waals surface area contributed by atoms with Gasteiger partial charge in [-0.25, -0.2) is 0 Å². The van der Waals surface area contributed by atoms with Crippen LogP contribution in [0.5, 0.6) is 0 Å². The number of hydrogen-bond acceptors (Lipinski definition) is 2. The Bertz CT molecular complexity index is 1390. The molecule has 1 aliphatic heterocycles. The van der Waals surface area contributed by atoms with E-state index >= 15 is 0 Å². The smallest absolute Gasteiger partial charge is 0.0911 e. The minimum Gasteiger partial charge on any atom is -0.348 e. The van der Waals surface area contributed by atoms with Crippen LogP contribution in [-0.4, -0.2) is 16.5 Å². The van der Waals surface area contributed by atoms with Gasteiger partial charge in [0.15, 0.2) is 0 Å². The van der Waals surface area contributed by atoms with E-state index in [4.69, 9.17) is 0 Å². The van der Waals surface area contributed by atoms with Gasteiger partial charge in [-0.2, -0.15) is 0 Å². The Labute approximate surface area is 219 Å². The van der Waals surface area contributed by atoms with Gasteiger partial charge in [0.2, 0.25) is 0 Å². The Morgan fingerprint density at radius 2 is 0.676 bits per heavy atom. The molecule has 180 valence electrons. The molecule has 0 radical (unpaired) electrons. The van der Waals surface area contributed by atoms with Crippen LogP contribution >= 0.6 is 0 Å². The summed E-state index contributed by atoms with van der Waals surface area (Å²) < 4.78 is 0. The first-order chi connectivity index (χ1) is 18.4. The monoisotopic (exact) mass is 478 g/mol. The average molecular weight is 479 g/mol. The van der Waals surface area contributed by atoms with Crippen molar-refractivity contribution in [2.75, 3.05) is 6.67 Å². The quantitative estimate of drug-likeness (QED) is 0.232. The molecule has 0 aromatic heterocycles. The van der Waals surface area contributed by atoms with Gasteiger partial charge in [0.1, 0.15) is 0 Å². The molecule has 1 atom stereocenters. The summed E-state index contributed by atoms with van der Waals surface area (Å²) in [5.74, 6) is 0. The van der Waals surface area contributed by atoms with Crippen LogP contribution in [0.1, 0.15) is 34.3 Å². The number of nitrogens with zero attached hydrogens (tertiary/aromatic N) is 2. The lowest BCUT2D eigenvalue weighted by molar-refractivity contribution is 0.207. The molecule has 0 saturated heterocycles. The Balaban J connectivity index is 1.33. The second-order valence-corrected chi connectivity index (χ2v) is 9.49. The van der Waals surface area contributed by atoms with Crippen LogP contribution in [0.2, 0.25) is 0 Å². The van der Waals surface area contributed by atoms with Gasteiger partial charge in [0.05, 0.1) is 18.8 Å². The molecule has 2 heteroatoms. The second-order valence-electron chi connectivity index (χ2n) is 9.49. The summed E-state index contributed by atoms with van der Waals surface area (Å²) in [6.45, 7) is 0.800. The largest absolute Gasteiger partial charge is 0.348 e. The fourth-order valence-corrected chi connectivity index (χ4v) is 5.33. The van der Waals surface area contributed by atoms with Crippen molar-refractivity contribution in [3.05, 3.63) is 180 Å². The minimum atomic E-state index is 0.125. The van der Waals surface area contributed by atoms with Gasteiger partial charge in [-0.05, 0) is 33.4 Å². The van der Waals surface area contributed by atoms with Crippen LogP contribution in [0, 0.1) is 0 Å². The molecular weight excluding hydrogens is 448 g/mol. The maximum absolute atomic E-state index is 2.45. The molecule has 1 unspecified atom stereocenters. The van der Waals surface area contributed by atoms with Crippen LogP contribution < -0.4 is 0 Å².